The van der Waals surface area contributed by atoms with Crippen LogP contribution in [0.15, 0.2) is 0 Å². The highest BCUT2D eigenvalue weighted by Gasteiger charge is 1.95. The number of rotatable bonds is 14. The summed E-state index contributed by atoms with van der Waals surface area (Å²) in [5.41, 5.74) is 0. The Bertz CT molecular complexity index is 143. The molecule has 0 spiro atoms. The summed E-state index contributed by atoms with van der Waals surface area (Å²) in [4.78, 5) is 0. The molecule has 1 N–H and O–H groups in total. The maximum Gasteiger partial charge on any atom is 0.0431 e. The molecule has 0 aliphatic heterocycles. The third-order valence-electron chi connectivity index (χ3n) is 3.69. The maximum absolute atomic E-state index is 8.66. The molecule has 1 nitrogen and oxygen atoms in total. The van der Waals surface area contributed by atoms with Crippen molar-refractivity contribution in [2.45, 2.75) is 97.3 Å². The lowest BCUT2D eigenvalue weighted by Gasteiger charge is -2.04. The summed E-state index contributed by atoms with van der Waals surface area (Å²) in [5.74, 6) is 0.885. The van der Waals surface area contributed by atoms with Crippen molar-refractivity contribution in [1.82, 2.24) is 0 Å². The van der Waals surface area contributed by atoms with Gasteiger partial charge in [-0.1, -0.05) is 90.9 Å². The fourth-order valence-electron chi connectivity index (χ4n) is 2.43. The molecular weight excluding hydrogens is 220 g/mol. The van der Waals surface area contributed by atoms with Crippen LogP contribution in [0.5, 0.6) is 0 Å². The maximum atomic E-state index is 8.66. The second kappa shape index (κ2) is 15.0. The van der Waals surface area contributed by atoms with Gasteiger partial charge in [0.15, 0.2) is 0 Å². The summed E-state index contributed by atoms with van der Waals surface area (Å²) in [7, 11) is 0. The van der Waals surface area contributed by atoms with E-state index >= 15 is 0 Å². The highest BCUT2D eigenvalue weighted by Crippen LogP contribution is 2.13. The smallest absolute Gasteiger partial charge is 0.0431 e. The van der Waals surface area contributed by atoms with E-state index in [9.17, 15) is 0 Å². The van der Waals surface area contributed by atoms with Crippen LogP contribution >= 0.6 is 0 Å². The van der Waals surface area contributed by atoms with Crippen molar-refractivity contribution in [3.63, 3.8) is 0 Å². The van der Waals surface area contributed by atoms with Gasteiger partial charge < -0.3 is 5.11 Å². The van der Waals surface area contributed by atoms with Crippen LogP contribution in [0.3, 0.4) is 0 Å². The molecule has 1 heteroatoms. The van der Waals surface area contributed by atoms with Crippen molar-refractivity contribution in [1.29, 1.82) is 0 Å². The largest absolute Gasteiger partial charge is 0.396 e. The number of hydrogen-bond acceptors (Lipinski definition) is 1. The van der Waals surface area contributed by atoms with Crippen molar-refractivity contribution < 1.29 is 5.11 Å². The Hall–Kier alpha value is -0.0400. The van der Waals surface area contributed by atoms with E-state index in [1.54, 1.807) is 0 Å². The van der Waals surface area contributed by atoms with Gasteiger partial charge in [0.2, 0.25) is 0 Å². The second-order valence-electron chi connectivity index (χ2n) is 6.15. The highest BCUT2D eigenvalue weighted by atomic mass is 16.2. The molecule has 0 bridgehead atoms. The predicted molar refractivity (Wildman–Crippen MR) is 81.9 cm³/mol. The zero-order valence-corrected chi connectivity index (χ0v) is 12.9. The molecule has 18 heavy (non-hydrogen) atoms. The molecule has 0 saturated heterocycles. The van der Waals surface area contributed by atoms with Gasteiger partial charge in [-0.25, -0.2) is 0 Å². The standard InChI is InChI=1S/C17H36O/c1-17(2)15-13-11-9-7-5-3-4-6-8-10-12-14-16-18/h17-18H,3-16H2,1-2H3. The first kappa shape index (κ1) is 18.0. The lowest BCUT2D eigenvalue weighted by molar-refractivity contribution is 0.282. The summed E-state index contributed by atoms with van der Waals surface area (Å²) in [6.07, 6.45) is 17.8. The zero-order chi connectivity index (χ0) is 13.5. The molecule has 0 aromatic heterocycles. The van der Waals surface area contributed by atoms with Crippen LogP contribution < -0.4 is 0 Å². The first-order valence-corrected chi connectivity index (χ1v) is 8.38. The topological polar surface area (TPSA) is 20.2 Å². The van der Waals surface area contributed by atoms with E-state index < -0.39 is 0 Å². The Labute approximate surface area is 115 Å². The van der Waals surface area contributed by atoms with E-state index in [1.807, 2.05) is 0 Å². The number of aliphatic hydroxyl groups excluding tert-OH is 1. The number of unbranched alkanes of at least 4 members (excludes halogenated alkanes) is 11. The molecule has 0 rings (SSSR count). The summed E-state index contributed by atoms with van der Waals surface area (Å²) in [6, 6.07) is 0. The number of aliphatic hydroxyl groups is 1. The Morgan fingerprint density at radius 3 is 1.22 bits per heavy atom. The third kappa shape index (κ3) is 16.0. The van der Waals surface area contributed by atoms with Crippen LogP contribution in [0.4, 0.5) is 0 Å². The monoisotopic (exact) mass is 256 g/mol. The van der Waals surface area contributed by atoms with Gasteiger partial charge in [0.25, 0.3) is 0 Å². The molecule has 0 aliphatic rings. The van der Waals surface area contributed by atoms with Crippen molar-refractivity contribution in [3.05, 3.63) is 0 Å². The molecule has 0 aromatic rings. The van der Waals surface area contributed by atoms with Gasteiger partial charge in [0.05, 0.1) is 0 Å². The molecule has 0 aliphatic carbocycles. The van der Waals surface area contributed by atoms with Crippen molar-refractivity contribution in [2.24, 2.45) is 5.92 Å². The molecule has 0 amide bonds. The lowest BCUT2D eigenvalue weighted by Crippen LogP contribution is -1.87. The second-order valence-corrected chi connectivity index (χ2v) is 6.15. The summed E-state index contributed by atoms with van der Waals surface area (Å²) >= 11 is 0. The van der Waals surface area contributed by atoms with Crippen molar-refractivity contribution in [3.8, 4) is 0 Å². The average molecular weight is 256 g/mol. The molecular formula is C17H36O. The van der Waals surface area contributed by atoms with Crippen LogP contribution in [-0.2, 0) is 0 Å². The predicted octanol–water partition coefficient (Wildman–Crippen LogP) is 5.71. The van der Waals surface area contributed by atoms with Gasteiger partial charge in [-0.2, -0.15) is 0 Å². The fraction of sp³-hybridized carbons (Fsp3) is 1.00. The Morgan fingerprint density at radius 2 is 0.889 bits per heavy atom. The Balaban J connectivity index is 2.90. The van der Waals surface area contributed by atoms with Gasteiger partial charge in [-0.05, 0) is 12.3 Å². The molecule has 110 valence electrons. The molecule has 0 atom stereocenters. The first-order valence-electron chi connectivity index (χ1n) is 8.38. The molecule has 0 heterocycles. The van der Waals surface area contributed by atoms with E-state index in [2.05, 4.69) is 13.8 Å². The van der Waals surface area contributed by atoms with E-state index in [0.29, 0.717) is 6.61 Å². The van der Waals surface area contributed by atoms with Crippen LogP contribution in [-0.4, -0.2) is 11.7 Å². The van der Waals surface area contributed by atoms with Crippen molar-refractivity contribution in [2.75, 3.05) is 6.61 Å². The van der Waals surface area contributed by atoms with Gasteiger partial charge in [0, 0.05) is 6.61 Å². The molecule has 0 fully saturated rings. The van der Waals surface area contributed by atoms with E-state index in [1.165, 1.54) is 77.0 Å². The van der Waals surface area contributed by atoms with Crippen LogP contribution in [0.1, 0.15) is 97.3 Å². The highest BCUT2D eigenvalue weighted by molar-refractivity contribution is 4.50. The van der Waals surface area contributed by atoms with E-state index in [4.69, 9.17) is 5.11 Å². The Morgan fingerprint density at radius 1 is 0.556 bits per heavy atom. The zero-order valence-electron chi connectivity index (χ0n) is 12.9. The average Bonchev–Trinajstić information content (AvgIpc) is 2.34. The van der Waals surface area contributed by atoms with Crippen LogP contribution in [0, 0.1) is 5.92 Å². The summed E-state index contributed by atoms with van der Waals surface area (Å²) in [5, 5.41) is 8.66. The minimum absolute atomic E-state index is 0.372. The van der Waals surface area contributed by atoms with Gasteiger partial charge in [-0.15, -0.1) is 0 Å². The van der Waals surface area contributed by atoms with Crippen LogP contribution in [0.25, 0.3) is 0 Å². The Kier molecular flexibility index (Phi) is 15.0. The van der Waals surface area contributed by atoms with Gasteiger partial charge in [-0.3, -0.25) is 0 Å². The molecule has 0 saturated carbocycles. The SMILES string of the molecule is CC(C)CCCCCCCCCCCCCCO. The van der Waals surface area contributed by atoms with Gasteiger partial charge in [0.1, 0.15) is 0 Å². The molecule has 0 radical (unpaired) electrons. The van der Waals surface area contributed by atoms with E-state index in [-0.39, 0.29) is 0 Å². The normalized spacial score (nSPS) is 11.3. The summed E-state index contributed by atoms with van der Waals surface area (Å²) < 4.78 is 0. The minimum atomic E-state index is 0.372. The lowest BCUT2D eigenvalue weighted by atomic mass is 10.0. The van der Waals surface area contributed by atoms with Crippen LogP contribution in [0.2, 0.25) is 0 Å². The molecule has 0 aromatic carbocycles. The fourth-order valence-corrected chi connectivity index (χ4v) is 2.43. The summed E-state index contributed by atoms with van der Waals surface area (Å²) in [6.45, 7) is 5.01. The first-order chi connectivity index (χ1) is 8.77. The van der Waals surface area contributed by atoms with E-state index in [0.717, 1.165) is 12.3 Å². The van der Waals surface area contributed by atoms with Crippen molar-refractivity contribution >= 4 is 0 Å². The number of hydrogen-bond donors (Lipinski definition) is 1. The minimum Gasteiger partial charge on any atom is -0.396 e. The third-order valence-corrected chi connectivity index (χ3v) is 3.69. The molecule has 0 unspecified atom stereocenters. The quantitative estimate of drug-likeness (QED) is 0.395. The van der Waals surface area contributed by atoms with Gasteiger partial charge >= 0.3 is 0 Å².